The summed E-state index contributed by atoms with van der Waals surface area (Å²) in [7, 11) is 1.78. The lowest BCUT2D eigenvalue weighted by atomic mass is 9.77. The Hall–Kier alpha value is -1.80. The number of amides is 3. The number of aliphatic hydroxyl groups is 1. The highest BCUT2D eigenvalue weighted by Gasteiger charge is 2.71. The Morgan fingerprint density at radius 2 is 1.74 bits per heavy atom. The number of nitrogens with zero attached hydrogens (tertiary/aromatic N) is 3. The third-order valence-electron chi connectivity index (χ3n) is 7.86. The lowest BCUT2D eigenvalue weighted by Gasteiger charge is -2.44. The second-order valence-corrected chi connectivity index (χ2v) is 13.8. The van der Waals surface area contributed by atoms with Crippen molar-refractivity contribution in [3.8, 4) is 0 Å². The molecule has 1 unspecified atom stereocenters. The molecule has 0 aliphatic carbocycles. The van der Waals surface area contributed by atoms with E-state index < -0.39 is 28.2 Å². The Bertz CT molecular complexity index is 939. The normalized spacial score (nSPS) is 33.1. The lowest BCUT2D eigenvalue weighted by Crippen LogP contribution is -2.58. The van der Waals surface area contributed by atoms with Crippen LogP contribution in [-0.2, 0) is 14.4 Å². The van der Waals surface area contributed by atoms with Crippen LogP contribution in [0, 0.1) is 17.3 Å². The molecule has 0 aromatic carbocycles. The molecule has 3 amide bonds. The average molecular weight is 504 g/mol. The first-order valence-corrected chi connectivity index (χ1v) is 13.7. The molecule has 1 N–H and O–H groups in total. The summed E-state index contributed by atoms with van der Waals surface area (Å²) in [6.07, 6.45) is 10.2. The van der Waals surface area contributed by atoms with E-state index in [2.05, 4.69) is 52.8 Å². The number of thioether (sulfide) groups is 1. The van der Waals surface area contributed by atoms with Crippen molar-refractivity contribution in [2.24, 2.45) is 17.3 Å². The molecular weight excluding hydrogens is 462 g/mol. The quantitative estimate of drug-likeness (QED) is 0.445. The van der Waals surface area contributed by atoms with Crippen molar-refractivity contribution in [1.29, 1.82) is 0 Å². The van der Waals surface area contributed by atoms with Crippen molar-refractivity contribution in [2.75, 3.05) is 33.3 Å². The Balaban J connectivity index is 1.78. The second kappa shape index (κ2) is 9.25. The van der Waals surface area contributed by atoms with Crippen molar-refractivity contribution in [3.05, 3.63) is 24.3 Å². The van der Waals surface area contributed by atoms with Gasteiger partial charge in [-0.05, 0) is 38.5 Å². The zero-order valence-corrected chi connectivity index (χ0v) is 22.8. The molecule has 0 bridgehead atoms. The van der Waals surface area contributed by atoms with Gasteiger partial charge in [-0.1, -0.05) is 45.1 Å². The average Bonchev–Trinajstić information content (AvgIpc) is 3.05. The van der Waals surface area contributed by atoms with Crippen molar-refractivity contribution in [1.82, 2.24) is 14.7 Å². The summed E-state index contributed by atoms with van der Waals surface area (Å²) in [5.41, 5.74) is -0.365. The van der Waals surface area contributed by atoms with Crippen LogP contribution in [0.4, 0.5) is 0 Å². The van der Waals surface area contributed by atoms with E-state index >= 15 is 0 Å². The minimum atomic E-state index is -0.770. The first kappa shape index (κ1) is 26.3. The summed E-state index contributed by atoms with van der Waals surface area (Å²) >= 11 is 1.62. The zero-order chi connectivity index (χ0) is 25.8. The van der Waals surface area contributed by atoms with Crippen molar-refractivity contribution < 1.29 is 19.5 Å². The van der Waals surface area contributed by atoms with E-state index in [1.165, 1.54) is 0 Å². The Labute approximate surface area is 214 Å². The van der Waals surface area contributed by atoms with Gasteiger partial charge in [0.1, 0.15) is 6.04 Å². The van der Waals surface area contributed by atoms with E-state index in [4.69, 9.17) is 0 Å². The Kier molecular flexibility index (Phi) is 6.95. The number of likely N-dealkylation sites (tertiary alicyclic amines) is 1. The molecule has 0 aromatic rings. The van der Waals surface area contributed by atoms with Crippen LogP contribution >= 0.6 is 11.8 Å². The van der Waals surface area contributed by atoms with Gasteiger partial charge >= 0.3 is 0 Å². The molecule has 2 fully saturated rings. The van der Waals surface area contributed by atoms with Gasteiger partial charge in [-0.15, -0.1) is 11.8 Å². The van der Waals surface area contributed by atoms with E-state index in [1.807, 2.05) is 11.0 Å². The maximum absolute atomic E-state index is 14.4. The predicted molar refractivity (Wildman–Crippen MR) is 139 cm³/mol. The van der Waals surface area contributed by atoms with Crippen LogP contribution in [0.1, 0.15) is 53.9 Å². The van der Waals surface area contributed by atoms with Crippen molar-refractivity contribution in [2.45, 2.75) is 75.5 Å². The predicted octanol–water partition coefficient (Wildman–Crippen LogP) is 2.70. The molecule has 5 atom stereocenters. The van der Waals surface area contributed by atoms with Crippen LogP contribution < -0.4 is 0 Å². The Morgan fingerprint density at radius 1 is 1.03 bits per heavy atom. The topological polar surface area (TPSA) is 81.2 Å². The van der Waals surface area contributed by atoms with E-state index in [0.29, 0.717) is 32.5 Å². The number of carbonyl (C=O) groups excluding carboxylic acids is 3. The molecule has 1 spiro atoms. The van der Waals surface area contributed by atoms with E-state index in [9.17, 15) is 19.5 Å². The summed E-state index contributed by atoms with van der Waals surface area (Å²) in [6, 6.07) is -0.653. The number of likely N-dealkylation sites (N-methyl/N-ethyl adjacent to an activating group) is 1. The molecule has 0 aromatic heterocycles. The molecule has 0 saturated carbocycles. The number of hydrogen-bond donors (Lipinski definition) is 1. The number of unbranched alkanes of at least 4 members (excludes halogenated alkanes) is 1. The number of hydrogen-bond acceptors (Lipinski definition) is 5. The highest BCUT2D eigenvalue weighted by atomic mass is 32.2. The van der Waals surface area contributed by atoms with Crippen LogP contribution in [0.2, 0.25) is 0 Å². The smallest absolute Gasteiger partial charge is 0.247 e. The van der Waals surface area contributed by atoms with E-state index in [1.54, 1.807) is 28.6 Å². The van der Waals surface area contributed by atoms with Crippen LogP contribution in [0.25, 0.3) is 0 Å². The molecule has 35 heavy (non-hydrogen) atoms. The van der Waals surface area contributed by atoms with Gasteiger partial charge in [-0.2, -0.15) is 0 Å². The largest absolute Gasteiger partial charge is 0.396 e. The first-order valence-electron chi connectivity index (χ1n) is 12.8. The molecule has 4 aliphatic rings. The standard InChI is InChI=1S/C27H41N3O4S/c1-25(2,3)17-26(4,5)30-15-10-12-27-20(19-18(35-27)11-9-13-28(6)22(19)32)23(33)29(14-7-8-16-31)21(27)24(30)34/h9-12,18-21,31H,7-8,13-17H2,1-6H3/t18-,19+,20-,21?,27-/m0/s1. The van der Waals surface area contributed by atoms with Gasteiger partial charge in [-0.3, -0.25) is 14.4 Å². The molecule has 4 aliphatic heterocycles. The first-order chi connectivity index (χ1) is 16.3. The Morgan fingerprint density at radius 3 is 2.40 bits per heavy atom. The summed E-state index contributed by atoms with van der Waals surface area (Å²) < 4.78 is -0.770. The fraction of sp³-hybridized carbons (Fsp3) is 0.741. The number of rotatable bonds is 6. The fourth-order valence-electron chi connectivity index (χ4n) is 6.84. The van der Waals surface area contributed by atoms with Gasteiger partial charge in [0, 0.05) is 44.1 Å². The molecular formula is C27H41N3O4S. The van der Waals surface area contributed by atoms with Gasteiger partial charge < -0.3 is 19.8 Å². The molecule has 0 radical (unpaired) electrons. The molecule has 4 rings (SSSR count). The third-order valence-corrected chi connectivity index (χ3v) is 9.61. The van der Waals surface area contributed by atoms with Crippen LogP contribution in [0.15, 0.2) is 24.3 Å². The lowest BCUT2D eigenvalue weighted by molar-refractivity contribution is -0.146. The molecule has 4 heterocycles. The van der Waals surface area contributed by atoms with Gasteiger partial charge in [0.15, 0.2) is 0 Å². The van der Waals surface area contributed by atoms with Crippen molar-refractivity contribution >= 4 is 29.5 Å². The molecule has 7 nitrogen and oxygen atoms in total. The maximum Gasteiger partial charge on any atom is 0.247 e. The van der Waals surface area contributed by atoms with Crippen molar-refractivity contribution in [3.63, 3.8) is 0 Å². The van der Waals surface area contributed by atoms with E-state index in [0.717, 1.165) is 6.42 Å². The summed E-state index contributed by atoms with van der Waals surface area (Å²) in [6.45, 7) is 12.2. The second-order valence-electron chi connectivity index (χ2n) is 12.4. The summed E-state index contributed by atoms with van der Waals surface area (Å²) in [4.78, 5) is 47.3. The van der Waals surface area contributed by atoms with E-state index in [-0.39, 0.29) is 35.0 Å². The number of fused-ring (bicyclic) bond motifs is 2. The van der Waals surface area contributed by atoms with Crippen LogP contribution in [0.5, 0.6) is 0 Å². The minimum Gasteiger partial charge on any atom is -0.396 e. The SMILES string of the molecule is CN1CC=C[C@@H]2S[C@]34C=CCN(C(C)(C)CC(C)(C)C)C(=O)C3N(CCCCO)C(=O)[C@@H]4[C@@H]2C1=O. The highest BCUT2D eigenvalue weighted by Crippen LogP contribution is 2.61. The highest BCUT2D eigenvalue weighted by molar-refractivity contribution is 8.02. The monoisotopic (exact) mass is 503 g/mol. The minimum absolute atomic E-state index is 0.0197. The van der Waals surface area contributed by atoms with Gasteiger partial charge in [0.2, 0.25) is 17.7 Å². The van der Waals surface area contributed by atoms with Gasteiger partial charge in [0.05, 0.1) is 16.6 Å². The van der Waals surface area contributed by atoms with Crippen LogP contribution in [0.3, 0.4) is 0 Å². The molecule has 194 valence electrons. The fourth-order valence-corrected chi connectivity index (χ4v) is 8.84. The summed E-state index contributed by atoms with van der Waals surface area (Å²) in [5, 5.41) is 9.22. The maximum atomic E-state index is 14.4. The van der Waals surface area contributed by atoms with Gasteiger partial charge in [-0.25, -0.2) is 0 Å². The third kappa shape index (κ3) is 4.45. The molecule has 8 heteroatoms. The number of carbonyl (C=O) groups is 3. The zero-order valence-electron chi connectivity index (χ0n) is 22.0. The number of aliphatic hydroxyl groups excluding tert-OH is 1. The van der Waals surface area contributed by atoms with Gasteiger partial charge in [0.25, 0.3) is 0 Å². The van der Waals surface area contributed by atoms with Crippen LogP contribution in [-0.4, -0.2) is 92.4 Å². The molecule has 2 saturated heterocycles. The summed E-state index contributed by atoms with van der Waals surface area (Å²) in [5.74, 6) is -1.20.